The highest BCUT2D eigenvalue weighted by molar-refractivity contribution is 6.10. The van der Waals surface area contributed by atoms with Crippen LogP contribution >= 0.6 is 0 Å². The maximum Gasteiger partial charge on any atom is 0.416 e. The first-order valence-corrected chi connectivity index (χ1v) is 18.1. The van der Waals surface area contributed by atoms with Crippen LogP contribution in [0.2, 0.25) is 0 Å². The highest BCUT2D eigenvalue weighted by Crippen LogP contribution is 2.42. The van der Waals surface area contributed by atoms with Gasteiger partial charge in [-0.3, -0.25) is 0 Å². The summed E-state index contributed by atoms with van der Waals surface area (Å²) in [5.41, 5.74) is -0.184. The van der Waals surface area contributed by atoms with Crippen LogP contribution in [0.1, 0.15) is 11.1 Å². The Hall–Kier alpha value is -7.21. The average Bonchev–Trinajstić information content (AvgIpc) is 3.57. The van der Waals surface area contributed by atoms with Crippen molar-refractivity contribution in [2.75, 3.05) is 0 Å². The van der Waals surface area contributed by atoms with Crippen molar-refractivity contribution in [3.8, 4) is 62.1 Å². The molecule has 0 aliphatic heterocycles. The predicted octanol–water partition coefficient (Wildman–Crippen LogP) is 13.6. The molecule has 0 bridgehead atoms. The molecule has 2 aromatic heterocycles. The molecule has 0 radical (unpaired) electrons. The van der Waals surface area contributed by atoms with Gasteiger partial charge >= 0.3 is 12.4 Å². The number of benzene rings is 7. The first-order chi connectivity index (χ1) is 28.3. The van der Waals surface area contributed by atoms with E-state index in [4.69, 9.17) is 15.0 Å². The summed E-state index contributed by atoms with van der Waals surface area (Å²) in [5.74, 6) is -0.888. The molecule has 7 aromatic carbocycles. The fraction of sp³-hybridized carbons (Fsp3) is 0.0426. The van der Waals surface area contributed by atoms with Gasteiger partial charge in [-0.2, -0.15) is 26.3 Å². The number of hydrogen-bond acceptors (Lipinski definition) is 3. The minimum atomic E-state index is -5.05. The Morgan fingerprint density at radius 1 is 0.390 bits per heavy atom. The number of nitrogens with zero attached hydrogens (tertiary/aromatic N) is 4. The maximum atomic E-state index is 15.4. The molecular formula is C47H26F8N4. The van der Waals surface area contributed by atoms with E-state index in [9.17, 15) is 26.3 Å². The molecule has 0 unspecified atom stereocenters. The molecule has 0 N–H and O–H groups in total. The molecule has 0 saturated heterocycles. The van der Waals surface area contributed by atoms with Gasteiger partial charge in [0.1, 0.15) is 11.6 Å². The van der Waals surface area contributed by atoms with E-state index in [1.165, 1.54) is 24.3 Å². The lowest BCUT2D eigenvalue weighted by Gasteiger charge is -2.17. The van der Waals surface area contributed by atoms with Crippen molar-refractivity contribution in [3.05, 3.63) is 180 Å². The van der Waals surface area contributed by atoms with Crippen LogP contribution in [0.4, 0.5) is 35.1 Å². The topological polar surface area (TPSA) is 43.6 Å². The van der Waals surface area contributed by atoms with Crippen molar-refractivity contribution in [2.24, 2.45) is 0 Å². The Morgan fingerprint density at radius 3 is 1.51 bits per heavy atom. The van der Waals surface area contributed by atoms with E-state index in [2.05, 4.69) is 0 Å². The molecule has 0 spiro atoms. The molecule has 4 nitrogen and oxygen atoms in total. The van der Waals surface area contributed by atoms with Crippen LogP contribution in [0.15, 0.2) is 158 Å². The van der Waals surface area contributed by atoms with E-state index in [1.54, 1.807) is 34.9 Å². The lowest BCUT2D eigenvalue weighted by atomic mass is 9.98. The molecule has 0 aliphatic rings. The Bertz CT molecular complexity index is 2940. The molecule has 0 fully saturated rings. The monoisotopic (exact) mass is 798 g/mol. The van der Waals surface area contributed by atoms with E-state index in [0.717, 1.165) is 17.5 Å². The molecule has 9 aromatic rings. The van der Waals surface area contributed by atoms with Crippen LogP contribution < -0.4 is 0 Å². The van der Waals surface area contributed by atoms with Gasteiger partial charge in [-0.05, 0) is 71.3 Å². The molecule has 0 amide bonds. The molecule has 9 rings (SSSR count). The van der Waals surface area contributed by atoms with Crippen molar-refractivity contribution >= 4 is 21.8 Å². The zero-order valence-electron chi connectivity index (χ0n) is 30.3. The number of para-hydroxylation sites is 1. The molecule has 0 atom stereocenters. The summed E-state index contributed by atoms with van der Waals surface area (Å²) in [4.78, 5) is 14.6. The van der Waals surface area contributed by atoms with Crippen LogP contribution in [0, 0.1) is 11.6 Å². The summed E-state index contributed by atoms with van der Waals surface area (Å²) in [7, 11) is 0. The van der Waals surface area contributed by atoms with Gasteiger partial charge < -0.3 is 4.57 Å². The van der Waals surface area contributed by atoms with Crippen LogP contribution in [0.3, 0.4) is 0 Å². The minimum Gasteiger partial charge on any atom is -0.308 e. The van der Waals surface area contributed by atoms with Crippen molar-refractivity contribution in [3.63, 3.8) is 0 Å². The second kappa shape index (κ2) is 14.3. The van der Waals surface area contributed by atoms with Crippen molar-refractivity contribution in [2.45, 2.75) is 12.4 Å². The third-order valence-corrected chi connectivity index (χ3v) is 10.0. The second-order valence-electron chi connectivity index (χ2n) is 13.7. The highest BCUT2D eigenvalue weighted by atomic mass is 19.4. The molecule has 290 valence electrons. The predicted molar refractivity (Wildman–Crippen MR) is 211 cm³/mol. The van der Waals surface area contributed by atoms with Crippen LogP contribution in [-0.2, 0) is 12.4 Å². The molecule has 2 heterocycles. The quantitative estimate of drug-likeness (QED) is 0.157. The maximum absolute atomic E-state index is 15.4. The number of halogens is 8. The summed E-state index contributed by atoms with van der Waals surface area (Å²) in [6.07, 6.45) is -10.1. The smallest absolute Gasteiger partial charge is 0.308 e. The van der Waals surface area contributed by atoms with Crippen LogP contribution in [0.5, 0.6) is 0 Å². The first-order valence-electron chi connectivity index (χ1n) is 18.1. The summed E-state index contributed by atoms with van der Waals surface area (Å²) in [6, 6.07) is 39.9. The van der Waals surface area contributed by atoms with Crippen molar-refractivity contribution < 1.29 is 35.1 Å². The molecule has 12 heteroatoms. The van der Waals surface area contributed by atoms with Crippen LogP contribution in [0.25, 0.3) is 83.9 Å². The number of fused-ring (bicyclic) bond motifs is 3. The van der Waals surface area contributed by atoms with E-state index in [1.807, 2.05) is 72.8 Å². The number of hydrogen-bond donors (Lipinski definition) is 0. The lowest BCUT2D eigenvalue weighted by Crippen LogP contribution is -2.11. The van der Waals surface area contributed by atoms with Gasteiger partial charge in [-0.1, -0.05) is 103 Å². The van der Waals surface area contributed by atoms with E-state index >= 15 is 8.78 Å². The third kappa shape index (κ3) is 6.96. The highest BCUT2D eigenvalue weighted by Gasteiger charge is 2.37. The average molecular weight is 799 g/mol. The molecule has 0 aliphatic carbocycles. The van der Waals surface area contributed by atoms with Crippen molar-refractivity contribution in [1.82, 2.24) is 19.5 Å². The first kappa shape index (κ1) is 37.4. The van der Waals surface area contributed by atoms with E-state index in [-0.39, 0.29) is 34.1 Å². The summed E-state index contributed by atoms with van der Waals surface area (Å²) >= 11 is 0. The molecule has 0 saturated carbocycles. The van der Waals surface area contributed by atoms with Gasteiger partial charge in [0.05, 0.1) is 33.4 Å². The minimum absolute atomic E-state index is 0.0858. The van der Waals surface area contributed by atoms with Gasteiger partial charge in [-0.25, -0.2) is 23.7 Å². The zero-order chi connectivity index (χ0) is 41.1. The third-order valence-electron chi connectivity index (χ3n) is 10.0. The van der Waals surface area contributed by atoms with Crippen molar-refractivity contribution in [1.29, 1.82) is 0 Å². The SMILES string of the molecule is Fc1cccc(F)c1-c1ccc(-n2c3ccccc3c3ccc(-c4cc(C(F)(F)F)cc(C(F)(F)F)c4)cc32)c(-c2nc(-c3ccccc3)nc(-c3ccccc3)n2)c1. The van der Waals surface area contributed by atoms with Gasteiger partial charge in [-0.15, -0.1) is 0 Å². The summed E-state index contributed by atoms with van der Waals surface area (Å²) in [5, 5.41) is 1.35. The fourth-order valence-electron chi connectivity index (χ4n) is 7.30. The molecule has 59 heavy (non-hydrogen) atoms. The van der Waals surface area contributed by atoms with Gasteiger partial charge in [0.2, 0.25) is 0 Å². The second-order valence-corrected chi connectivity index (χ2v) is 13.7. The largest absolute Gasteiger partial charge is 0.416 e. The van der Waals surface area contributed by atoms with E-state index < -0.39 is 35.1 Å². The number of aromatic nitrogens is 4. The number of rotatable bonds is 6. The standard InChI is InChI=1S/C47H26F8N4/c48-37-15-9-16-38(49)42(37)30-19-21-40(36(24-30)45-57-43(27-10-3-1-4-11-27)56-44(58-45)28-12-5-2-6-13-28)59-39-17-8-7-14-34(39)35-20-18-29(25-41(35)59)31-22-32(46(50,51)52)26-33(23-31)47(53,54)55/h1-26H. The zero-order valence-corrected chi connectivity index (χ0v) is 30.3. The lowest BCUT2D eigenvalue weighted by molar-refractivity contribution is -0.143. The molecular weight excluding hydrogens is 773 g/mol. The van der Waals surface area contributed by atoms with Gasteiger partial charge in [0.25, 0.3) is 0 Å². The normalized spacial score (nSPS) is 12.1. The van der Waals surface area contributed by atoms with E-state index in [0.29, 0.717) is 62.6 Å². The Morgan fingerprint density at radius 2 is 0.915 bits per heavy atom. The fourth-order valence-corrected chi connectivity index (χ4v) is 7.30. The number of alkyl halides is 6. The summed E-state index contributed by atoms with van der Waals surface area (Å²) < 4.78 is 116. The Labute approximate surface area is 330 Å². The Kier molecular flexibility index (Phi) is 9.07. The van der Waals surface area contributed by atoms with Gasteiger partial charge in [0, 0.05) is 27.5 Å². The van der Waals surface area contributed by atoms with Gasteiger partial charge in [0.15, 0.2) is 17.5 Å². The summed E-state index contributed by atoms with van der Waals surface area (Å²) in [6.45, 7) is 0. The van der Waals surface area contributed by atoms with Crippen LogP contribution in [-0.4, -0.2) is 19.5 Å². The Balaban J connectivity index is 1.36.